The third-order valence-corrected chi connectivity index (χ3v) is 1.76. The number of hydrogen-bond donors (Lipinski definition) is 2. The smallest absolute Gasteiger partial charge is 0.407 e. The van der Waals surface area contributed by atoms with Gasteiger partial charge in [-0.1, -0.05) is 0 Å². The molecule has 0 aliphatic heterocycles. The minimum absolute atomic E-state index is 0.364. The van der Waals surface area contributed by atoms with Crippen molar-refractivity contribution in [2.45, 2.75) is 51.2 Å². The molecule has 0 aliphatic carbocycles. The first-order valence-corrected chi connectivity index (χ1v) is 5.32. The number of rotatable bonds is 5. The molecule has 0 aromatic carbocycles. The van der Waals surface area contributed by atoms with Crippen LogP contribution in [-0.4, -0.2) is 36.6 Å². The summed E-state index contributed by atoms with van der Waals surface area (Å²) in [5.41, 5.74) is 4.49. The van der Waals surface area contributed by atoms with Crippen LogP contribution in [0.5, 0.6) is 0 Å². The molecule has 0 saturated carbocycles. The molecule has 0 heterocycles. The molecule has 0 aromatic rings. The topological polar surface area (TPSA) is 64.3 Å². The number of ether oxygens (including phenoxy) is 1. The van der Waals surface area contributed by atoms with Crippen molar-refractivity contribution >= 4 is 6.09 Å². The minimum atomic E-state index is -4.16. The van der Waals surface area contributed by atoms with Gasteiger partial charge in [0.2, 0.25) is 0 Å². The highest BCUT2D eigenvalue weighted by molar-refractivity contribution is 5.67. The molecule has 0 radical (unpaired) electrons. The molecule has 4 nitrogen and oxygen atoms in total. The maximum absolute atomic E-state index is 12.6. The Morgan fingerprint density at radius 3 is 2.22 bits per heavy atom. The lowest BCUT2D eigenvalue weighted by Gasteiger charge is -2.22. The Labute approximate surface area is 103 Å². The van der Waals surface area contributed by atoms with Gasteiger partial charge in [0.25, 0.3) is 0 Å². The van der Waals surface area contributed by atoms with Crippen LogP contribution in [0.2, 0.25) is 0 Å². The second-order valence-corrected chi connectivity index (χ2v) is 4.91. The first-order chi connectivity index (χ1) is 7.94. The number of amides is 1. The van der Waals surface area contributed by atoms with Crippen molar-refractivity contribution in [2.24, 2.45) is 5.73 Å². The molecular weight excluding hydrogens is 256 g/mol. The average Bonchev–Trinajstić information content (AvgIpc) is 2.11. The Bertz CT molecular complexity index is 280. The lowest BCUT2D eigenvalue weighted by atomic mass is 10.1. The van der Waals surface area contributed by atoms with Gasteiger partial charge in [0.1, 0.15) is 5.60 Å². The fourth-order valence-corrected chi connectivity index (χ4v) is 1.04. The molecule has 1 unspecified atom stereocenters. The third-order valence-electron chi connectivity index (χ3n) is 1.76. The van der Waals surface area contributed by atoms with E-state index in [1.165, 1.54) is 0 Å². The van der Waals surface area contributed by atoms with E-state index in [9.17, 15) is 22.4 Å². The monoisotopic (exact) mass is 274 g/mol. The highest BCUT2D eigenvalue weighted by Gasteiger charge is 2.41. The lowest BCUT2D eigenvalue weighted by molar-refractivity contribution is -0.135. The Balaban J connectivity index is 4.05. The van der Waals surface area contributed by atoms with Gasteiger partial charge in [0, 0.05) is 19.0 Å². The largest absolute Gasteiger partial charge is 0.444 e. The van der Waals surface area contributed by atoms with E-state index in [2.05, 4.69) is 5.32 Å². The molecule has 3 N–H and O–H groups in total. The van der Waals surface area contributed by atoms with Crippen LogP contribution in [0.4, 0.5) is 22.4 Å². The summed E-state index contributed by atoms with van der Waals surface area (Å²) in [6, 6.07) is -1.28. The van der Waals surface area contributed by atoms with Gasteiger partial charge in [-0.3, -0.25) is 0 Å². The molecule has 0 aliphatic rings. The molecule has 0 saturated heterocycles. The predicted molar refractivity (Wildman–Crippen MR) is 57.8 cm³/mol. The lowest BCUT2D eigenvalue weighted by Crippen LogP contribution is -2.44. The van der Waals surface area contributed by atoms with E-state index >= 15 is 0 Å². The van der Waals surface area contributed by atoms with Crippen LogP contribution >= 0.6 is 0 Å². The second-order valence-electron chi connectivity index (χ2n) is 4.91. The number of nitrogens with two attached hydrogens (primary N) is 1. The van der Waals surface area contributed by atoms with Gasteiger partial charge in [-0.05, 0) is 20.8 Å². The Morgan fingerprint density at radius 2 is 1.83 bits per heavy atom. The molecule has 0 spiro atoms. The van der Waals surface area contributed by atoms with Gasteiger partial charge in [0.15, 0.2) is 0 Å². The summed E-state index contributed by atoms with van der Waals surface area (Å²) in [5, 5.41) is 2.14. The molecule has 0 rings (SSSR count). The second kappa shape index (κ2) is 6.21. The fraction of sp³-hybridized carbons (Fsp3) is 0.900. The molecular formula is C10H18F4N2O2. The van der Waals surface area contributed by atoms with Crippen molar-refractivity contribution in [1.82, 2.24) is 5.32 Å². The SMILES string of the molecule is CC(C)(C)OC(=O)NCC(N)CC(F)(F)C(F)F. The summed E-state index contributed by atoms with van der Waals surface area (Å²) in [6.07, 6.45) is -5.82. The zero-order valence-electron chi connectivity index (χ0n) is 10.5. The predicted octanol–water partition coefficient (Wildman–Crippen LogP) is 2.13. The minimum Gasteiger partial charge on any atom is -0.444 e. The van der Waals surface area contributed by atoms with E-state index < -0.39 is 36.5 Å². The summed E-state index contributed by atoms with van der Waals surface area (Å²) in [5.74, 6) is -4.16. The normalized spacial score (nSPS) is 14.5. The van der Waals surface area contributed by atoms with Gasteiger partial charge in [-0.15, -0.1) is 0 Å². The van der Waals surface area contributed by atoms with E-state index in [1.807, 2.05) is 0 Å². The van der Waals surface area contributed by atoms with E-state index in [0.29, 0.717) is 0 Å². The average molecular weight is 274 g/mol. The Kier molecular flexibility index (Phi) is 5.85. The number of alkyl halides is 4. The van der Waals surface area contributed by atoms with Crippen LogP contribution in [0.25, 0.3) is 0 Å². The third kappa shape index (κ3) is 7.31. The van der Waals surface area contributed by atoms with E-state index in [1.54, 1.807) is 20.8 Å². The fourth-order valence-electron chi connectivity index (χ4n) is 1.04. The number of carbonyl (C=O) groups is 1. The van der Waals surface area contributed by atoms with Crippen molar-refractivity contribution in [1.29, 1.82) is 0 Å². The number of hydrogen-bond acceptors (Lipinski definition) is 3. The summed E-state index contributed by atoms with van der Waals surface area (Å²) >= 11 is 0. The highest BCUT2D eigenvalue weighted by atomic mass is 19.3. The van der Waals surface area contributed by atoms with Crippen LogP contribution in [0, 0.1) is 0 Å². The van der Waals surface area contributed by atoms with E-state index in [0.717, 1.165) is 0 Å². The van der Waals surface area contributed by atoms with Crippen LogP contribution in [-0.2, 0) is 4.74 Å². The van der Waals surface area contributed by atoms with Gasteiger partial charge >= 0.3 is 18.4 Å². The maximum Gasteiger partial charge on any atom is 0.407 e. The molecule has 1 atom stereocenters. The Morgan fingerprint density at radius 1 is 1.33 bits per heavy atom. The quantitative estimate of drug-likeness (QED) is 0.755. The molecule has 108 valence electrons. The van der Waals surface area contributed by atoms with E-state index in [-0.39, 0.29) is 6.54 Å². The standard InChI is InChI=1S/C10H18F4N2O2/c1-9(2,3)18-8(17)16-5-6(15)4-10(13,14)7(11)12/h6-7H,4-5,15H2,1-3H3,(H,16,17). The van der Waals surface area contributed by atoms with Crippen molar-refractivity contribution in [3.8, 4) is 0 Å². The molecule has 18 heavy (non-hydrogen) atoms. The number of halogens is 4. The Hall–Kier alpha value is -1.05. The number of carbonyl (C=O) groups excluding carboxylic acids is 1. The molecule has 8 heteroatoms. The van der Waals surface area contributed by atoms with Crippen molar-refractivity contribution < 1.29 is 27.1 Å². The van der Waals surface area contributed by atoms with Gasteiger partial charge < -0.3 is 15.8 Å². The van der Waals surface area contributed by atoms with Crippen LogP contribution in [0.1, 0.15) is 27.2 Å². The molecule has 0 aromatic heterocycles. The van der Waals surface area contributed by atoms with Crippen LogP contribution < -0.4 is 11.1 Å². The summed E-state index contributed by atoms with van der Waals surface area (Å²) in [6.45, 7) is 4.50. The first-order valence-electron chi connectivity index (χ1n) is 5.32. The van der Waals surface area contributed by atoms with Crippen molar-refractivity contribution in [3.05, 3.63) is 0 Å². The highest BCUT2D eigenvalue weighted by Crippen LogP contribution is 2.27. The molecule has 0 bridgehead atoms. The zero-order valence-corrected chi connectivity index (χ0v) is 10.5. The van der Waals surface area contributed by atoms with Gasteiger partial charge in [-0.2, -0.15) is 0 Å². The maximum atomic E-state index is 12.6. The summed E-state index contributed by atoms with van der Waals surface area (Å²) in [4.78, 5) is 11.1. The molecule has 0 fully saturated rings. The van der Waals surface area contributed by atoms with Crippen LogP contribution in [0.15, 0.2) is 0 Å². The zero-order chi connectivity index (χ0) is 14.6. The van der Waals surface area contributed by atoms with E-state index in [4.69, 9.17) is 10.5 Å². The number of nitrogens with one attached hydrogen (secondary N) is 1. The van der Waals surface area contributed by atoms with Crippen molar-refractivity contribution in [2.75, 3.05) is 6.54 Å². The first kappa shape index (κ1) is 16.9. The number of alkyl carbamates (subject to hydrolysis) is 1. The summed E-state index contributed by atoms with van der Waals surface area (Å²) in [7, 11) is 0. The van der Waals surface area contributed by atoms with Crippen LogP contribution in [0.3, 0.4) is 0 Å². The van der Waals surface area contributed by atoms with Gasteiger partial charge in [0.05, 0.1) is 0 Å². The van der Waals surface area contributed by atoms with Crippen molar-refractivity contribution in [3.63, 3.8) is 0 Å². The summed E-state index contributed by atoms with van der Waals surface area (Å²) < 4.78 is 53.8. The molecule has 1 amide bonds. The van der Waals surface area contributed by atoms with Gasteiger partial charge in [-0.25, -0.2) is 22.4 Å².